The topological polar surface area (TPSA) is 57.2 Å². The average molecular weight is 224 g/mol. The van der Waals surface area contributed by atoms with Gasteiger partial charge in [0, 0.05) is 7.11 Å². The number of hydrogen-bond acceptors (Lipinski definition) is 5. The molecule has 1 unspecified atom stereocenters. The normalized spacial score (nSPS) is 16.7. The third-order valence-electron chi connectivity index (χ3n) is 0.940. The fourth-order valence-corrected chi connectivity index (χ4v) is 0.455. The molecule has 0 aromatic carbocycles. The second-order valence-electron chi connectivity index (χ2n) is 1.90. The van der Waals surface area contributed by atoms with Gasteiger partial charge >= 0.3 is 12.5 Å². The smallest absolute Gasteiger partial charge is 0.394 e. The van der Waals surface area contributed by atoms with Crippen molar-refractivity contribution in [3.8, 4) is 0 Å². The number of halogens is 4. The van der Waals surface area contributed by atoms with Crippen molar-refractivity contribution in [1.82, 2.24) is 0 Å². The molecule has 0 aromatic rings. The summed E-state index contributed by atoms with van der Waals surface area (Å²) in [6.45, 7) is -1.35. The van der Waals surface area contributed by atoms with E-state index in [0.717, 1.165) is 0 Å². The summed E-state index contributed by atoms with van der Waals surface area (Å²) in [4.78, 5) is 2.00. The van der Waals surface area contributed by atoms with E-state index < -0.39 is 25.7 Å². The maximum Gasteiger partial charge on any atom is 0.522 e. The van der Waals surface area contributed by atoms with E-state index in [-0.39, 0.29) is 0 Å². The largest absolute Gasteiger partial charge is 0.522 e. The Labute approximate surface area is 76.0 Å². The molecule has 0 rings (SSSR count). The van der Waals surface area contributed by atoms with Gasteiger partial charge in [0.2, 0.25) is 0 Å². The van der Waals surface area contributed by atoms with Crippen LogP contribution in [0.1, 0.15) is 0 Å². The Balaban J connectivity index is 4.23. The molecular weight excluding hydrogens is 216 g/mol. The zero-order valence-electron chi connectivity index (χ0n) is 7.01. The molecule has 1 N–H and O–H groups in total. The Bertz CT molecular complexity index is 168. The summed E-state index contributed by atoms with van der Waals surface area (Å²) < 4.78 is 58.6. The van der Waals surface area contributed by atoms with Crippen molar-refractivity contribution in [3.05, 3.63) is 0 Å². The van der Waals surface area contributed by atoms with Crippen LogP contribution in [0.25, 0.3) is 0 Å². The summed E-state index contributed by atoms with van der Waals surface area (Å²) in [6, 6.07) is 0. The SMILES string of the molecule is COC(F)(OCCO)OC(F)(F)OF. The first-order valence-corrected chi connectivity index (χ1v) is 3.26. The molecular formula is C5H8F4O5. The number of alkyl halides is 3. The molecule has 0 bridgehead atoms. The zero-order valence-corrected chi connectivity index (χ0v) is 7.01. The molecule has 0 fully saturated rings. The van der Waals surface area contributed by atoms with Crippen molar-refractivity contribution in [2.45, 2.75) is 12.5 Å². The summed E-state index contributed by atoms with van der Waals surface area (Å²) in [6.07, 6.45) is -8.54. The highest BCUT2D eigenvalue weighted by Gasteiger charge is 2.48. The highest BCUT2D eigenvalue weighted by Crippen LogP contribution is 2.28. The average Bonchev–Trinajstić information content (AvgIpc) is 2.14. The maximum atomic E-state index is 12.9. The van der Waals surface area contributed by atoms with Crippen LogP contribution in [-0.2, 0) is 19.2 Å². The maximum absolute atomic E-state index is 12.9. The van der Waals surface area contributed by atoms with Crippen molar-refractivity contribution < 1.29 is 42.0 Å². The minimum Gasteiger partial charge on any atom is -0.394 e. The van der Waals surface area contributed by atoms with Crippen molar-refractivity contribution >= 4 is 0 Å². The van der Waals surface area contributed by atoms with Crippen LogP contribution in [0.5, 0.6) is 0 Å². The van der Waals surface area contributed by atoms with Crippen LogP contribution in [0.4, 0.5) is 17.7 Å². The summed E-state index contributed by atoms with van der Waals surface area (Å²) in [5.74, 6) is 0. The quantitative estimate of drug-likeness (QED) is 0.509. The van der Waals surface area contributed by atoms with Crippen LogP contribution in [0, 0.1) is 0 Å². The molecule has 14 heavy (non-hydrogen) atoms. The van der Waals surface area contributed by atoms with E-state index in [1.807, 2.05) is 4.94 Å². The molecule has 0 spiro atoms. The monoisotopic (exact) mass is 224 g/mol. The van der Waals surface area contributed by atoms with Gasteiger partial charge in [0.1, 0.15) is 0 Å². The van der Waals surface area contributed by atoms with Gasteiger partial charge in [0.15, 0.2) is 0 Å². The van der Waals surface area contributed by atoms with Gasteiger partial charge in [0.05, 0.1) is 13.2 Å². The van der Waals surface area contributed by atoms with Gasteiger partial charge in [0.25, 0.3) is 0 Å². The van der Waals surface area contributed by atoms with Crippen LogP contribution in [0.3, 0.4) is 0 Å². The molecule has 0 aliphatic rings. The van der Waals surface area contributed by atoms with E-state index in [1.54, 1.807) is 0 Å². The molecule has 0 saturated carbocycles. The highest BCUT2D eigenvalue weighted by atomic mass is 19.4. The lowest BCUT2D eigenvalue weighted by molar-refractivity contribution is -0.575. The van der Waals surface area contributed by atoms with Crippen molar-refractivity contribution in [2.75, 3.05) is 20.3 Å². The first-order chi connectivity index (χ1) is 6.39. The van der Waals surface area contributed by atoms with E-state index in [2.05, 4.69) is 14.2 Å². The van der Waals surface area contributed by atoms with E-state index in [4.69, 9.17) is 5.11 Å². The minimum absolute atomic E-state index is 0.631. The number of rotatable bonds is 7. The van der Waals surface area contributed by atoms with Crippen molar-refractivity contribution in [3.63, 3.8) is 0 Å². The van der Waals surface area contributed by atoms with Gasteiger partial charge in [-0.3, -0.25) is 4.74 Å². The van der Waals surface area contributed by atoms with Crippen LogP contribution in [0.2, 0.25) is 0 Å². The number of hydrogen-bond donors (Lipinski definition) is 1. The van der Waals surface area contributed by atoms with Crippen LogP contribution < -0.4 is 0 Å². The predicted molar refractivity (Wildman–Crippen MR) is 32.1 cm³/mol. The minimum atomic E-state index is -4.85. The number of methoxy groups -OCH3 is 1. The second kappa shape index (κ2) is 5.41. The fourth-order valence-electron chi connectivity index (χ4n) is 0.455. The molecule has 86 valence electrons. The molecule has 0 amide bonds. The molecule has 0 radical (unpaired) electrons. The Hall–Kier alpha value is -0.480. The summed E-state index contributed by atoms with van der Waals surface area (Å²) in [7, 11) is 0.631. The molecule has 9 heteroatoms. The first kappa shape index (κ1) is 13.5. The lowest BCUT2D eigenvalue weighted by Crippen LogP contribution is -2.41. The summed E-state index contributed by atoms with van der Waals surface area (Å²) in [5, 5.41) is 8.19. The molecule has 5 nitrogen and oxygen atoms in total. The van der Waals surface area contributed by atoms with Gasteiger partial charge in [-0.25, -0.2) is 4.74 Å². The number of aliphatic hydroxyl groups is 1. The molecule has 0 aliphatic carbocycles. The third-order valence-corrected chi connectivity index (χ3v) is 0.940. The van der Waals surface area contributed by atoms with E-state index in [0.29, 0.717) is 7.11 Å². The summed E-state index contributed by atoms with van der Waals surface area (Å²) in [5.41, 5.74) is 0. The third kappa shape index (κ3) is 4.67. The standard InChI is InChI=1S/C5H8F4O5/c1-11-5(8,12-3-2-10)13-4(6,7)14-9/h10H,2-3H2,1H3. The van der Waals surface area contributed by atoms with E-state index >= 15 is 0 Å². The first-order valence-electron chi connectivity index (χ1n) is 3.26. The van der Waals surface area contributed by atoms with Crippen LogP contribution in [-0.4, -0.2) is 38.0 Å². The molecule has 0 aliphatic heterocycles. The lowest BCUT2D eigenvalue weighted by Gasteiger charge is -2.24. The number of aliphatic hydroxyl groups excluding tert-OH is 1. The zero-order chi connectivity index (χ0) is 11.2. The van der Waals surface area contributed by atoms with Crippen molar-refractivity contribution in [1.29, 1.82) is 0 Å². The Kier molecular flexibility index (Phi) is 5.23. The van der Waals surface area contributed by atoms with E-state index in [9.17, 15) is 17.7 Å². The van der Waals surface area contributed by atoms with Crippen LogP contribution in [0.15, 0.2) is 0 Å². The molecule has 0 saturated heterocycles. The summed E-state index contributed by atoms with van der Waals surface area (Å²) >= 11 is 0. The van der Waals surface area contributed by atoms with Gasteiger partial charge in [-0.05, 0) is 4.53 Å². The van der Waals surface area contributed by atoms with Gasteiger partial charge in [-0.1, -0.05) is 4.94 Å². The van der Waals surface area contributed by atoms with Gasteiger partial charge in [-0.15, -0.1) is 8.78 Å². The Morgan fingerprint density at radius 3 is 2.21 bits per heavy atom. The number of ether oxygens (including phenoxy) is 3. The molecule has 1 atom stereocenters. The second-order valence-corrected chi connectivity index (χ2v) is 1.90. The van der Waals surface area contributed by atoms with Gasteiger partial charge in [-0.2, -0.15) is 4.39 Å². The molecule has 0 aromatic heterocycles. The van der Waals surface area contributed by atoms with Gasteiger partial charge < -0.3 is 9.84 Å². The fraction of sp³-hybridized carbons (Fsp3) is 1.00. The van der Waals surface area contributed by atoms with Crippen LogP contribution >= 0.6 is 0 Å². The van der Waals surface area contributed by atoms with Crippen molar-refractivity contribution in [2.24, 2.45) is 0 Å². The van der Waals surface area contributed by atoms with E-state index in [1.165, 1.54) is 0 Å². The molecule has 0 heterocycles. The lowest BCUT2D eigenvalue weighted by atomic mass is 10.8. The highest BCUT2D eigenvalue weighted by molar-refractivity contribution is 4.40. The predicted octanol–water partition coefficient (Wildman–Crippen LogP) is 0.691. The Morgan fingerprint density at radius 2 is 1.86 bits per heavy atom. The Morgan fingerprint density at radius 1 is 1.29 bits per heavy atom.